The van der Waals surface area contributed by atoms with E-state index in [0.29, 0.717) is 27.3 Å². The van der Waals surface area contributed by atoms with Crippen molar-refractivity contribution in [2.45, 2.75) is 4.90 Å². The fourth-order valence-electron chi connectivity index (χ4n) is 2.43. The van der Waals surface area contributed by atoms with Crippen molar-refractivity contribution >= 4 is 63.6 Å². The van der Waals surface area contributed by atoms with Gasteiger partial charge in [-0.2, -0.15) is 0 Å². The van der Waals surface area contributed by atoms with E-state index in [4.69, 9.17) is 33.3 Å². The van der Waals surface area contributed by atoms with Gasteiger partial charge >= 0.3 is 0 Å². The topological polar surface area (TPSA) is 38.8 Å². The quantitative estimate of drug-likeness (QED) is 0.244. The van der Waals surface area contributed by atoms with Gasteiger partial charge in [0, 0.05) is 22.7 Å². The van der Waals surface area contributed by atoms with Crippen molar-refractivity contribution in [3.63, 3.8) is 0 Å². The van der Waals surface area contributed by atoms with Crippen LogP contribution in [0.3, 0.4) is 0 Å². The van der Waals surface area contributed by atoms with Crippen molar-refractivity contribution in [2.75, 3.05) is 26.5 Å². The zero-order chi connectivity index (χ0) is 20.1. The molecule has 2 aromatic carbocycles. The van der Waals surface area contributed by atoms with Gasteiger partial charge in [-0.05, 0) is 48.0 Å². The van der Waals surface area contributed by atoms with Crippen LogP contribution in [0, 0.1) is 0 Å². The van der Waals surface area contributed by atoms with Crippen LogP contribution < -0.4 is 9.47 Å². The normalized spacial score (nSPS) is 15.4. The zero-order valence-electron chi connectivity index (χ0n) is 15.3. The molecule has 0 aliphatic carbocycles. The zero-order valence-corrected chi connectivity index (χ0v) is 18.5. The Kier molecular flexibility index (Phi) is 7.29. The number of nitrogens with zero attached hydrogens (tertiary/aromatic N) is 1. The minimum atomic E-state index is -0.0893. The van der Waals surface area contributed by atoms with E-state index in [2.05, 4.69) is 0 Å². The van der Waals surface area contributed by atoms with Gasteiger partial charge in [0.2, 0.25) is 0 Å². The fourth-order valence-corrected chi connectivity index (χ4v) is 4.47. The number of likely N-dealkylation sites (N-methyl/N-ethyl adjacent to an activating group) is 1. The molecule has 1 heterocycles. The third kappa shape index (κ3) is 5.23. The maximum Gasteiger partial charge on any atom is 0.265 e. The fraction of sp³-hybridized carbons (Fsp3) is 0.200. The van der Waals surface area contributed by atoms with Crippen molar-refractivity contribution in [1.82, 2.24) is 4.90 Å². The molecule has 0 atom stereocenters. The number of thioether (sulfide) groups is 2. The minimum Gasteiger partial charge on any atom is -0.493 e. The van der Waals surface area contributed by atoms with E-state index >= 15 is 0 Å². The lowest BCUT2D eigenvalue weighted by Gasteiger charge is -2.11. The summed E-state index contributed by atoms with van der Waals surface area (Å²) in [5.41, 5.74) is 0.855. The molecule has 28 heavy (non-hydrogen) atoms. The number of carbonyl (C=O) groups is 1. The molecule has 0 saturated carbocycles. The van der Waals surface area contributed by atoms with Crippen LogP contribution in [0.5, 0.6) is 11.5 Å². The summed E-state index contributed by atoms with van der Waals surface area (Å²) in [6, 6.07) is 13.3. The smallest absolute Gasteiger partial charge is 0.265 e. The molecule has 0 aromatic heterocycles. The summed E-state index contributed by atoms with van der Waals surface area (Å²) in [5, 5.41) is 0.728. The van der Waals surface area contributed by atoms with Crippen LogP contribution in [-0.4, -0.2) is 41.6 Å². The molecule has 1 amide bonds. The number of halogens is 1. The van der Waals surface area contributed by atoms with Crippen molar-refractivity contribution in [3.05, 3.63) is 58.0 Å². The summed E-state index contributed by atoms with van der Waals surface area (Å²) in [5.74, 6) is 2.00. The monoisotopic (exact) mass is 451 g/mol. The number of carbonyl (C=O) groups excluding carboxylic acids is 1. The molecule has 1 aliphatic rings. The molecule has 8 heteroatoms. The number of ether oxygens (including phenoxy) is 2. The van der Waals surface area contributed by atoms with Gasteiger partial charge in [0.05, 0.1) is 18.6 Å². The van der Waals surface area contributed by atoms with Crippen LogP contribution >= 0.6 is 47.3 Å². The number of rotatable bonds is 7. The number of hydrogen-bond donors (Lipinski definition) is 0. The molecule has 0 spiro atoms. The Morgan fingerprint density at radius 1 is 1.21 bits per heavy atom. The van der Waals surface area contributed by atoms with E-state index in [0.717, 1.165) is 21.2 Å². The summed E-state index contributed by atoms with van der Waals surface area (Å²) in [4.78, 5) is 15.3. The highest BCUT2D eigenvalue weighted by Crippen LogP contribution is 2.34. The molecule has 0 unspecified atom stereocenters. The van der Waals surface area contributed by atoms with Gasteiger partial charge in [0.15, 0.2) is 11.5 Å². The average molecular weight is 452 g/mol. The number of amides is 1. The van der Waals surface area contributed by atoms with E-state index in [-0.39, 0.29) is 5.91 Å². The second-order valence-corrected chi connectivity index (χ2v) is 9.08. The van der Waals surface area contributed by atoms with E-state index in [1.54, 1.807) is 25.9 Å². The summed E-state index contributed by atoms with van der Waals surface area (Å²) < 4.78 is 11.9. The van der Waals surface area contributed by atoms with E-state index in [1.807, 2.05) is 48.5 Å². The summed E-state index contributed by atoms with van der Waals surface area (Å²) >= 11 is 14.0. The molecule has 1 aliphatic heterocycles. The first-order valence-corrected chi connectivity index (χ1v) is 11.0. The number of hydrogen-bond acceptors (Lipinski definition) is 6. The van der Waals surface area contributed by atoms with Crippen LogP contribution in [0.15, 0.2) is 52.3 Å². The third-order valence-electron chi connectivity index (χ3n) is 3.90. The van der Waals surface area contributed by atoms with Gasteiger partial charge in [-0.1, -0.05) is 41.6 Å². The molecular weight excluding hydrogens is 434 g/mol. The molecular formula is C20H18ClNO3S3. The predicted molar refractivity (Wildman–Crippen MR) is 122 cm³/mol. The molecule has 0 bridgehead atoms. The van der Waals surface area contributed by atoms with Gasteiger partial charge in [0.25, 0.3) is 5.91 Å². The molecule has 4 nitrogen and oxygen atoms in total. The molecule has 0 N–H and O–H groups in total. The maximum atomic E-state index is 12.1. The Bertz CT molecular complexity index is 915. The largest absolute Gasteiger partial charge is 0.493 e. The van der Waals surface area contributed by atoms with Gasteiger partial charge in [-0.15, -0.1) is 11.8 Å². The van der Waals surface area contributed by atoms with Crippen LogP contribution in [0.4, 0.5) is 0 Å². The molecule has 3 rings (SSSR count). The number of benzene rings is 2. The Morgan fingerprint density at radius 2 is 1.96 bits per heavy atom. The van der Waals surface area contributed by atoms with Crippen molar-refractivity contribution in [1.29, 1.82) is 0 Å². The molecule has 0 radical (unpaired) electrons. The summed E-state index contributed by atoms with van der Waals surface area (Å²) in [6.07, 6.45) is 1.81. The Morgan fingerprint density at radius 3 is 2.61 bits per heavy atom. The standard InChI is InChI=1S/C20H18ClNO3S3/c1-22-19(23)18(28-20(22)26)12-13-3-8-16(17(11-13)24-2)25-9-10-27-15-6-4-14(21)5-7-15/h3-8,11-12H,9-10H2,1-2H3/b18-12+. The van der Waals surface area contributed by atoms with Crippen molar-refractivity contribution in [3.8, 4) is 11.5 Å². The van der Waals surface area contributed by atoms with Gasteiger partial charge in [0.1, 0.15) is 4.32 Å². The van der Waals surface area contributed by atoms with Crippen molar-refractivity contribution < 1.29 is 14.3 Å². The highest BCUT2D eigenvalue weighted by atomic mass is 35.5. The Hall–Kier alpha value is -1.67. The van der Waals surface area contributed by atoms with E-state index < -0.39 is 0 Å². The average Bonchev–Trinajstić information content (AvgIpc) is 2.94. The first-order valence-electron chi connectivity index (χ1n) is 8.38. The lowest BCUT2D eigenvalue weighted by molar-refractivity contribution is -0.121. The second kappa shape index (κ2) is 9.69. The van der Waals surface area contributed by atoms with Crippen LogP contribution in [-0.2, 0) is 4.79 Å². The number of methoxy groups -OCH3 is 1. The molecule has 1 fully saturated rings. The highest BCUT2D eigenvalue weighted by Gasteiger charge is 2.28. The lowest BCUT2D eigenvalue weighted by atomic mass is 10.2. The Labute approximate surface area is 183 Å². The van der Waals surface area contributed by atoms with Gasteiger partial charge < -0.3 is 9.47 Å². The van der Waals surface area contributed by atoms with Gasteiger partial charge in [-0.25, -0.2) is 0 Å². The first-order chi connectivity index (χ1) is 13.5. The predicted octanol–water partition coefficient (Wildman–Crippen LogP) is 5.35. The summed E-state index contributed by atoms with van der Waals surface area (Å²) in [7, 11) is 3.28. The van der Waals surface area contributed by atoms with Gasteiger partial charge in [-0.3, -0.25) is 9.69 Å². The van der Waals surface area contributed by atoms with Crippen LogP contribution in [0.25, 0.3) is 6.08 Å². The SMILES string of the molecule is COc1cc(/C=C2/SC(=S)N(C)C2=O)ccc1OCCSc1ccc(Cl)cc1. The first kappa shape index (κ1) is 21.0. The molecule has 1 saturated heterocycles. The lowest BCUT2D eigenvalue weighted by Crippen LogP contribution is -2.22. The second-order valence-electron chi connectivity index (χ2n) is 5.80. The summed E-state index contributed by atoms with van der Waals surface area (Å²) in [6.45, 7) is 0.539. The number of thiocarbonyl (C=S) groups is 1. The minimum absolute atomic E-state index is 0.0893. The highest BCUT2D eigenvalue weighted by molar-refractivity contribution is 8.26. The maximum absolute atomic E-state index is 12.1. The van der Waals surface area contributed by atoms with Crippen LogP contribution in [0.2, 0.25) is 5.02 Å². The van der Waals surface area contributed by atoms with E-state index in [9.17, 15) is 4.79 Å². The Balaban J connectivity index is 1.61. The van der Waals surface area contributed by atoms with E-state index in [1.165, 1.54) is 16.7 Å². The third-order valence-corrected chi connectivity index (χ3v) is 6.61. The molecule has 146 valence electrons. The molecule has 2 aromatic rings. The van der Waals surface area contributed by atoms with Crippen molar-refractivity contribution in [2.24, 2.45) is 0 Å². The van der Waals surface area contributed by atoms with Crippen LogP contribution in [0.1, 0.15) is 5.56 Å².